The second-order valence-electron chi connectivity index (χ2n) is 8.87. The predicted molar refractivity (Wildman–Crippen MR) is 133 cm³/mol. The number of anilines is 1. The molecule has 2 aromatic rings. The van der Waals surface area contributed by atoms with Crippen LogP contribution >= 0.6 is 11.3 Å². The molecule has 2 aliphatic rings. The third-order valence-electron chi connectivity index (χ3n) is 6.50. The molecule has 2 saturated heterocycles. The minimum absolute atomic E-state index is 0.167. The third-order valence-corrected chi connectivity index (χ3v) is 9.79. The van der Waals surface area contributed by atoms with E-state index in [1.807, 2.05) is 0 Å². The summed E-state index contributed by atoms with van der Waals surface area (Å²) < 4.78 is 27.4. The molecule has 0 spiro atoms. The summed E-state index contributed by atoms with van der Waals surface area (Å²) in [7, 11) is -3.59. The first-order valence-corrected chi connectivity index (χ1v) is 14.1. The van der Waals surface area contributed by atoms with Crippen molar-refractivity contribution in [3.63, 3.8) is 0 Å². The Labute approximate surface area is 201 Å². The second kappa shape index (κ2) is 11.0. The summed E-state index contributed by atoms with van der Waals surface area (Å²) in [6, 6.07) is 11.4. The number of rotatable bonds is 9. The maximum absolute atomic E-state index is 12.8. The van der Waals surface area contributed by atoms with Gasteiger partial charge in [-0.3, -0.25) is 9.69 Å². The van der Waals surface area contributed by atoms with Crippen molar-refractivity contribution in [2.75, 3.05) is 50.7 Å². The van der Waals surface area contributed by atoms with Crippen molar-refractivity contribution in [1.82, 2.24) is 14.5 Å². The van der Waals surface area contributed by atoms with E-state index >= 15 is 0 Å². The molecule has 0 aliphatic carbocycles. The van der Waals surface area contributed by atoms with Crippen LogP contribution in [-0.4, -0.2) is 75.4 Å². The summed E-state index contributed by atoms with van der Waals surface area (Å²) in [5.41, 5.74) is 2.60. The van der Waals surface area contributed by atoms with Gasteiger partial charge in [0.1, 0.15) is 10.3 Å². The van der Waals surface area contributed by atoms with Crippen molar-refractivity contribution in [2.45, 2.75) is 42.9 Å². The Morgan fingerprint density at radius 3 is 2.64 bits per heavy atom. The molecule has 0 bridgehead atoms. The van der Waals surface area contributed by atoms with Crippen LogP contribution in [-0.2, 0) is 14.8 Å². The molecule has 0 radical (unpaired) electrons. The van der Waals surface area contributed by atoms with E-state index in [2.05, 4.69) is 46.3 Å². The third kappa shape index (κ3) is 5.95. The molecule has 1 aromatic heterocycles. The number of nitrogens with one attached hydrogen (secondary N) is 1. The number of nitrogens with zero attached hydrogens (tertiary/aromatic N) is 3. The van der Waals surface area contributed by atoms with E-state index in [9.17, 15) is 13.2 Å². The summed E-state index contributed by atoms with van der Waals surface area (Å²) in [4.78, 5) is 17.6. The number of benzene rings is 1. The Kier molecular flexibility index (Phi) is 8.06. The minimum atomic E-state index is -3.59. The fraction of sp³-hybridized carbons (Fsp3) is 0.542. The average Bonchev–Trinajstić information content (AvgIpc) is 3.52. The van der Waals surface area contributed by atoms with Gasteiger partial charge in [-0.05, 0) is 68.3 Å². The highest BCUT2D eigenvalue weighted by Gasteiger charge is 2.39. The molecule has 3 heterocycles. The zero-order chi connectivity index (χ0) is 23.3. The monoisotopic (exact) mass is 490 g/mol. The molecule has 33 heavy (non-hydrogen) atoms. The highest BCUT2D eigenvalue weighted by atomic mass is 32.2. The van der Waals surface area contributed by atoms with Crippen molar-refractivity contribution >= 4 is 33.0 Å². The van der Waals surface area contributed by atoms with Gasteiger partial charge in [0.25, 0.3) is 10.0 Å². The number of hydrogen-bond acceptors (Lipinski definition) is 6. The fourth-order valence-electron chi connectivity index (χ4n) is 4.66. The molecule has 1 amide bonds. The van der Waals surface area contributed by atoms with Crippen LogP contribution in [0.2, 0.25) is 0 Å². The molecule has 0 saturated carbocycles. The Morgan fingerprint density at radius 1 is 1.09 bits per heavy atom. The first kappa shape index (κ1) is 24.2. The molecule has 1 aromatic carbocycles. The summed E-state index contributed by atoms with van der Waals surface area (Å²) >= 11 is 1.20. The predicted octanol–water partition coefficient (Wildman–Crippen LogP) is 2.93. The van der Waals surface area contributed by atoms with E-state index in [-0.39, 0.29) is 5.91 Å². The van der Waals surface area contributed by atoms with Gasteiger partial charge >= 0.3 is 0 Å². The molecule has 2 aliphatic heterocycles. The summed E-state index contributed by atoms with van der Waals surface area (Å²) in [5, 5.41) is 4.73. The lowest BCUT2D eigenvalue weighted by Crippen LogP contribution is -2.47. The van der Waals surface area contributed by atoms with E-state index in [1.165, 1.54) is 26.9 Å². The van der Waals surface area contributed by atoms with Crippen LogP contribution in [0.5, 0.6) is 0 Å². The molecule has 2 fully saturated rings. The Balaban J connectivity index is 1.15. The zero-order valence-corrected chi connectivity index (χ0v) is 20.9. The van der Waals surface area contributed by atoms with Crippen molar-refractivity contribution in [1.29, 1.82) is 0 Å². The highest BCUT2D eigenvalue weighted by molar-refractivity contribution is 7.91. The maximum atomic E-state index is 12.8. The number of unbranched alkanes of at least 4 members (excludes halogenated alkanes) is 1. The number of aryl methyl sites for hydroxylation is 1. The molecule has 9 heteroatoms. The van der Waals surface area contributed by atoms with Crippen LogP contribution in [0.4, 0.5) is 5.69 Å². The van der Waals surface area contributed by atoms with E-state index in [0.29, 0.717) is 23.7 Å². The number of carbonyl (C=O) groups excluding carboxylic acids is 1. The van der Waals surface area contributed by atoms with Gasteiger partial charge in [-0.2, -0.15) is 4.31 Å². The lowest BCUT2D eigenvalue weighted by molar-refractivity contribution is -0.124. The number of hydrogen-bond donors (Lipinski definition) is 1. The Hall–Kier alpha value is -1.94. The van der Waals surface area contributed by atoms with Crippen LogP contribution in [0.15, 0.2) is 46.0 Å². The van der Waals surface area contributed by atoms with Crippen LogP contribution < -0.4 is 10.2 Å². The van der Waals surface area contributed by atoms with Gasteiger partial charge in [0.05, 0.1) is 0 Å². The lowest BCUT2D eigenvalue weighted by Gasteiger charge is -2.36. The Morgan fingerprint density at radius 2 is 1.91 bits per heavy atom. The number of carbonyl (C=O) groups is 1. The van der Waals surface area contributed by atoms with Crippen molar-refractivity contribution in [3.8, 4) is 0 Å². The number of amides is 1. The largest absolute Gasteiger partial charge is 0.369 e. The van der Waals surface area contributed by atoms with E-state index in [0.717, 1.165) is 52.0 Å². The van der Waals surface area contributed by atoms with Gasteiger partial charge in [-0.25, -0.2) is 8.42 Å². The molecule has 7 nitrogen and oxygen atoms in total. The van der Waals surface area contributed by atoms with Crippen LogP contribution in [0.3, 0.4) is 0 Å². The van der Waals surface area contributed by atoms with Gasteiger partial charge in [0.2, 0.25) is 5.91 Å². The van der Waals surface area contributed by atoms with Gasteiger partial charge in [0.15, 0.2) is 0 Å². The van der Waals surface area contributed by atoms with Crippen molar-refractivity contribution in [2.24, 2.45) is 0 Å². The molecule has 1 N–H and O–H groups in total. The van der Waals surface area contributed by atoms with Gasteiger partial charge in [-0.1, -0.05) is 18.2 Å². The lowest BCUT2D eigenvalue weighted by atomic mass is 10.2. The highest BCUT2D eigenvalue weighted by Crippen LogP contribution is 2.28. The summed E-state index contributed by atoms with van der Waals surface area (Å²) in [6.45, 7) is 8.34. The first-order valence-electron chi connectivity index (χ1n) is 11.8. The molecule has 0 unspecified atom stereocenters. The Bertz CT molecular complexity index is 1020. The molecular weight excluding hydrogens is 456 g/mol. The van der Waals surface area contributed by atoms with Crippen LogP contribution in [0, 0.1) is 6.92 Å². The number of thiophene rings is 1. The summed E-state index contributed by atoms with van der Waals surface area (Å²) in [6.07, 6.45) is 3.22. The van der Waals surface area contributed by atoms with E-state index in [4.69, 9.17) is 0 Å². The molecule has 180 valence electrons. The maximum Gasteiger partial charge on any atom is 0.253 e. The van der Waals surface area contributed by atoms with Crippen LogP contribution in [0.1, 0.15) is 31.2 Å². The van der Waals surface area contributed by atoms with Gasteiger partial charge < -0.3 is 10.2 Å². The van der Waals surface area contributed by atoms with Crippen molar-refractivity contribution in [3.05, 3.63) is 47.3 Å². The zero-order valence-electron chi connectivity index (χ0n) is 19.3. The fourth-order valence-corrected chi connectivity index (χ4v) is 7.44. The number of sulfonamides is 1. The standard InChI is InChI=1S/C24H34N4O3S2/c1-20-7-4-8-21(19-20)27-16-14-26(15-17-27)12-3-2-11-25-24(29)22-9-5-13-28(22)33(30,31)23-10-6-18-32-23/h4,6-8,10,18-19,22H,2-3,5,9,11-17H2,1H3,(H,25,29)/t22-/m0/s1. The smallest absolute Gasteiger partial charge is 0.253 e. The van der Waals surface area contributed by atoms with Crippen LogP contribution in [0.25, 0.3) is 0 Å². The first-order chi connectivity index (χ1) is 15.9. The molecular formula is C24H34N4O3S2. The van der Waals surface area contributed by atoms with Gasteiger partial charge in [0, 0.05) is 45.0 Å². The van der Waals surface area contributed by atoms with E-state index in [1.54, 1.807) is 17.5 Å². The van der Waals surface area contributed by atoms with E-state index < -0.39 is 16.1 Å². The second-order valence-corrected chi connectivity index (χ2v) is 11.9. The normalized spacial score (nSPS) is 20.3. The number of piperazine rings is 1. The summed E-state index contributed by atoms with van der Waals surface area (Å²) in [5.74, 6) is -0.167. The minimum Gasteiger partial charge on any atom is -0.369 e. The molecule has 4 rings (SSSR count). The quantitative estimate of drug-likeness (QED) is 0.547. The molecule has 1 atom stereocenters. The van der Waals surface area contributed by atoms with Gasteiger partial charge in [-0.15, -0.1) is 11.3 Å². The van der Waals surface area contributed by atoms with Crippen molar-refractivity contribution < 1.29 is 13.2 Å². The average molecular weight is 491 g/mol. The topological polar surface area (TPSA) is 73.0 Å². The SMILES string of the molecule is Cc1cccc(N2CCN(CCCCNC(=O)[C@@H]3CCCN3S(=O)(=O)c3cccs3)CC2)c1.